The minimum absolute atomic E-state index is 0.0183. The Balaban J connectivity index is 1.17. The number of aliphatic imine (C=N–C) groups is 1. The van der Waals surface area contributed by atoms with Gasteiger partial charge in [0.15, 0.2) is 17.3 Å². The van der Waals surface area contributed by atoms with Gasteiger partial charge in [0.05, 0.1) is 35.1 Å². The summed E-state index contributed by atoms with van der Waals surface area (Å²) in [5.41, 5.74) is 4.80. The summed E-state index contributed by atoms with van der Waals surface area (Å²) >= 11 is 6.49. The van der Waals surface area contributed by atoms with Gasteiger partial charge in [-0.25, -0.2) is 9.98 Å². The van der Waals surface area contributed by atoms with E-state index in [1.165, 1.54) is 23.1 Å². The summed E-state index contributed by atoms with van der Waals surface area (Å²) in [5.74, 6) is -1.86. The summed E-state index contributed by atoms with van der Waals surface area (Å²) in [6, 6.07) is 10.6. The van der Waals surface area contributed by atoms with Crippen molar-refractivity contribution < 1.29 is 36.3 Å². The summed E-state index contributed by atoms with van der Waals surface area (Å²) in [6.45, 7) is 0.435. The summed E-state index contributed by atoms with van der Waals surface area (Å²) in [7, 11) is 0. The first-order valence-corrected chi connectivity index (χ1v) is 18.8. The highest BCUT2D eigenvalue weighted by molar-refractivity contribution is 6.33. The van der Waals surface area contributed by atoms with Gasteiger partial charge in [-0.1, -0.05) is 55.8 Å². The SMILES string of the molecule is CC(C)(C[C@]1(c2ccc(-c3cnn(C4CC4)n3)cc2)N=C(N)N([C@H](COC(=O)CC2(C(F)(F)F)CC2)c2ccc(Cl)c(-c3ncnn3C(F)F)c2)C1=O)C1CC1. The number of carbonyl (C=O) groups is 2. The van der Waals surface area contributed by atoms with Gasteiger partial charge < -0.3 is 10.5 Å². The Hall–Kier alpha value is -4.93. The number of guanidine groups is 1. The van der Waals surface area contributed by atoms with E-state index in [0.29, 0.717) is 27.9 Å². The number of carbonyl (C=O) groups excluding carboxylic acids is 2. The summed E-state index contributed by atoms with van der Waals surface area (Å²) < 4.78 is 75.1. The zero-order valence-electron chi connectivity index (χ0n) is 30.5. The lowest BCUT2D eigenvalue weighted by Gasteiger charge is -2.36. The number of amides is 1. The normalized spacial score (nSPS) is 21.4. The van der Waals surface area contributed by atoms with Crippen molar-refractivity contribution in [1.82, 2.24) is 34.7 Å². The second-order valence-electron chi connectivity index (χ2n) is 16.0. The van der Waals surface area contributed by atoms with Crippen molar-refractivity contribution in [2.45, 2.75) is 95.6 Å². The lowest BCUT2D eigenvalue weighted by atomic mass is 9.72. The van der Waals surface area contributed by atoms with Gasteiger partial charge in [0.2, 0.25) is 0 Å². The maximum Gasteiger partial charge on any atom is 0.395 e. The number of aromatic nitrogens is 6. The fourth-order valence-electron chi connectivity index (χ4n) is 7.82. The largest absolute Gasteiger partial charge is 0.463 e. The molecule has 296 valence electrons. The molecule has 8 rings (SSSR count). The highest BCUT2D eigenvalue weighted by Gasteiger charge is 2.64. The second kappa shape index (κ2) is 13.6. The minimum atomic E-state index is -4.60. The monoisotopic (exact) mass is 799 g/mol. The molecular formula is C38H39ClF5N9O3. The number of nitrogens with two attached hydrogens (primary N) is 1. The van der Waals surface area contributed by atoms with Crippen LogP contribution in [-0.2, 0) is 19.9 Å². The van der Waals surface area contributed by atoms with E-state index in [1.807, 2.05) is 12.1 Å². The predicted octanol–water partition coefficient (Wildman–Crippen LogP) is 7.78. The molecule has 0 radical (unpaired) electrons. The lowest BCUT2D eigenvalue weighted by molar-refractivity contribution is -0.195. The maximum absolute atomic E-state index is 15.2. The molecule has 0 saturated heterocycles. The lowest BCUT2D eigenvalue weighted by Crippen LogP contribution is -2.47. The van der Waals surface area contributed by atoms with Crippen molar-refractivity contribution in [1.29, 1.82) is 0 Å². The van der Waals surface area contributed by atoms with Gasteiger partial charge in [0.25, 0.3) is 5.91 Å². The molecule has 3 fully saturated rings. The molecule has 56 heavy (non-hydrogen) atoms. The van der Waals surface area contributed by atoms with E-state index in [4.69, 9.17) is 27.1 Å². The van der Waals surface area contributed by atoms with Gasteiger partial charge >= 0.3 is 18.7 Å². The number of rotatable bonds is 14. The third-order valence-corrected chi connectivity index (χ3v) is 11.9. The Kier molecular flexibility index (Phi) is 9.24. The van der Waals surface area contributed by atoms with Crippen molar-refractivity contribution in [2.75, 3.05) is 6.61 Å². The highest BCUT2D eigenvalue weighted by atomic mass is 35.5. The van der Waals surface area contributed by atoms with Crippen molar-refractivity contribution in [3.63, 3.8) is 0 Å². The van der Waals surface area contributed by atoms with Crippen molar-refractivity contribution >= 4 is 29.4 Å². The second-order valence-corrected chi connectivity index (χ2v) is 16.4. The number of alkyl halides is 5. The third kappa shape index (κ3) is 6.91. The molecule has 0 unspecified atom stereocenters. The number of hydrogen-bond acceptors (Lipinski definition) is 9. The number of nitrogens with zero attached hydrogens (tertiary/aromatic N) is 8. The molecule has 2 N–H and O–H groups in total. The topological polar surface area (TPSA) is 146 Å². The van der Waals surface area contributed by atoms with E-state index < -0.39 is 54.6 Å². The first-order valence-electron chi connectivity index (χ1n) is 18.4. The molecule has 0 bridgehead atoms. The molecule has 1 amide bonds. The van der Waals surface area contributed by atoms with Crippen LogP contribution >= 0.6 is 11.6 Å². The molecule has 3 aliphatic carbocycles. The fourth-order valence-corrected chi connectivity index (χ4v) is 8.02. The van der Waals surface area contributed by atoms with E-state index in [0.717, 1.165) is 37.6 Å². The summed E-state index contributed by atoms with van der Waals surface area (Å²) in [5, 5.41) is 12.6. The molecule has 1 aliphatic heterocycles. The minimum Gasteiger partial charge on any atom is -0.463 e. The summed E-state index contributed by atoms with van der Waals surface area (Å²) in [4.78, 5) is 40.0. The van der Waals surface area contributed by atoms with Crippen LogP contribution in [0.4, 0.5) is 22.0 Å². The van der Waals surface area contributed by atoms with Crippen LogP contribution in [0.1, 0.15) is 95.0 Å². The fraction of sp³-hybridized carbons (Fsp3) is 0.500. The van der Waals surface area contributed by atoms with Crippen LogP contribution in [0.25, 0.3) is 22.6 Å². The van der Waals surface area contributed by atoms with Gasteiger partial charge in [-0.15, -0.1) is 0 Å². The van der Waals surface area contributed by atoms with Gasteiger partial charge in [-0.3, -0.25) is 14.5 Å². The van der Waals surface area contributed by atoms with Gasteiger partial charge in [-0.2, -0.15) is 46.7 Å². The molecular weight excluding hydrogens is 761 g/mol. The van der Waals surface area contributed by atoms with E-state index in [-0.39, 0.29) is 52.6 Å². The standard InChI is InChI=1S/C38H39ClF5N9O3/c1-35(2,23-8-9-23)19-37(24-6-3-21(4-7-24)28-17-47-53(50-28)25-10-11-25)32(55)51(34(45)49-37)29(18-56-30(54)16-36(13-14-36)38(42,43)44)22-5-12-27(39)26(15-22)31-46-20-48-52(31)33(40)41/h3-7,12,15,17,20,23,25,29,33H,8-11,13-14,16,18-19H2,1-2H3,(H2,45,49)/t29-,37-/m1/s1. The van der Waals surface area contributed by atoms with Crippen LogP contribution in [0.2, 0.25) is 5.02 Å². The molecule has 3 saturated carbocycles. The molecule has 4 aliphatic rings. The van der Waals surface area contributed by atoms with Crippen LogP contribution in [0, 0.1) is 16.7 Å². The molecule has 2 atom stereocenters. The van der Waals surface area contributed by atoms with E-state index in [9.17, 15) is 26.7 Å². The van der Waals surface area contributed by atoms with Gasteiger partial charge in [0, 0.05) is 11.1 Å². The number of benzene rings is 2. The van der Waals surface area contributed by atoms with Crippen LogP contribution in [-0.4, -0.2) is 65.3 Å². The molecule has 0 spiro atoms. The highest BCUT2D eigenvalue weighted by Crippen LogP contribution is 2.60. The van der Waals surface area contributed by atoms with Crippen LogP contribution in [0.5, 0.6) is 0 Å². The number of ether oxygens (including phenoxy) is 1. The maximum atomic E-state index is 15.2. The average molecular weight is 800 g/mol. The molecule has 3 heterocycles. The quantitative estimate of drug-likeness (QED) is 0.101. The van der Waals surface area contributed by atoms with Crippen LogP contribution in [0.15, 0.2) is 60.0 Å². The smallest absolute Gasteiger partial charge is 0.395 e. The average Bonchev–Trinajstić information content (AvgIpc) is 4.10. The van der Waals surface area contributed by atoms with Crippen molar-refractivity contribution in [3.05, 3.63) is 71.1 Å². The van der Waals surface area contributed by atoms with Gasteiger partial charge in [-0.05, 0) is 79.5 Å². The number of halogens is 6. The Morgan fingerprint density at radius 3 is 2.39 bits per heavy atom. The first-order chi connectivity index (χ1) is 26.5. The predicted molar refractivity (Wildman–Crippen MR) is 193 cm³/mol. The van der Waals surface area contributed by atoms with Crippen LogP contribution in [0.3, 0.4) is 0 Å². The van der Waals surface area contributed by atoms with E-state index >= 15 is 4.79 Å². The van der Waals surface area contributed by atoms with E-state index in [2.05, 4.69) is 34.1 Å². The Morgan fingerprint density at radius 1 is 1.05 bits per heavy atom. The summed E-state index contributed by atoms with van der Waals surface area (Å²) in [6.07, 6.45) is 0.958. The molecule has 2 aromatic heterocycles. The first kappa shape index (κ1) is 38.0. The Bertz CT molecular complexity index is 2190. The third-order valence-electron chi connectivity index (χ3n) is 11.6. The Morgan fingerprint density at radius 2 is 1.77 bits per heavy atom. The zero-order valence-corrected chi connectivity index (χ0v) is 31.3. The molecule has 4 aromatic rings. The van der Waals surface area contributed by atoms with Crippen molar-refractivity contribution in [3.8, 4) is 22.6 Å². The zero-order chi connectivity index (χ0) is 39.8. The number of esters is 1. The number of hydrogen-bond donors (Lipinski definition) is 1. The van der Waals surface area contributed by atoms with Crippen LogP contribution < -0.4 is 5.73 Å². The molecule has 2 aromatic carbocycles. The molecule has 18 heteroatoms. The Labute approximate surface area is 323 Å². The van der Waals surface area contributed by atoms with Crippen molar-refractivity contribution in [2.24, 2.45) is 27.5 Å². The van der Waals surface area contributed by atoms with E-state index in [1.54, 1.807) is 23.1 Å². The molecule has 12 nitrogen and oxygen atoms in total. The van der Waals surface area contributed by atoms with Gasteiger partial charge in [0.1, 0.15) is 18.6 Å².